The molecule has 1 aliphatic rings. The summed E-state index contributed by atoms with van der Waals surface area (Å²) < 4.78 is 5.62. The molecule has 0 aromatic heterocycles. The zero-order valence-corrected chi connectivity index (χ0v) is 8.35. The lowest BCUT2D eigenvalue weighted by Crippen LogP contribution is -2.06. The van der Waals surface area contributed by atoms with Gasteiger partial charge < -0.3 is 4.74 Å². The van der Waals surface area contributed by atoms with Gasteiger partial charge in [0.05, 0.1) is 0 Å². The summed E-state index contributed by atoms with van der Waals surface area (Å²) in [7, 11) is 0. The molecule has 0 aromatic rings. The highest BCUT2D eigenvalue weighted by Crippen LogP contribution is 2.24. The van der Waals surface area contributed by atoms with Crippen molar-refractivity contribution in [1.82, 2.24) is 0 Å². The van der Waals surface area contributed by atoms with Gasteiger partial charge in [0, 0.05) is 13.2 Å². The molecule has 1 fully saturated rings. The van der Waals surface area contributed by atoms with Gasteiger partial charge in [0.15, 0.2) is 0 Å². The maximum Gasteiger partial charge on any atom is 0.0494 e. The van der Waals surface area contributed by atoms with Gasteiger partial charge in [-0.25, -0.2) is 0 Å². The molecule has 72 valence electrons. The molecule has 0 aromatic carbocycles. The highest BCUT2D eigenvalue weighted by atomic mass is 16.5. The molecule has 1 saturated carbocycles. The van der Waals surface area contributed by atoms with Gasteiger partial charge in [0.1, 0.15) is 0 Å². The molecule has 1 nitrogen and oxygen atoms in total. The fraction of sp³-hybridized carbons (Fsp3) is 1.00. The van der Waals surface area contributed by atoms with Crippen LogP contribution < -0.4 is 0 Å². The van der Waals surface area contributed by atoms with Crippen LogP contribution in [-0.2, 0) is 4.74 Å². The first kappa shape index (κ1) is 10.0. The van der Waals surface area contributed by atoms with Gasteiger partial charge >= 0.3 is 0 Å². The maximum atomic E-state index is 5.62. The Bertz CT molecular complexity index is 95.2. The Labute approximate surface area is 76.5 Å². The van der Waals surface area contributed by atoms with E-state index in [-0.39, 0.29) is 0 Å². The smallest absolute Gasteiger partial charge is 0.0494 e. The molecule has 0 N–H and O–H groups in total. The molecule has 1 heteroatoms. The molecule has 1 rings (SSSR count). The second-order valence-corrected chi connectivity index (χ2v) is 3.93. The summed E-state index contributed by atoms with van der Waals surface area (Å²) in [6.45, 7) is 4.25. The molecule has 0 amide bonds. The van der Waals surface area contributed by atoms with E-state index >= 15 is 0 Å². The molecule has 1 aliphatic carbocycles. The van der Waals surface area contributed by atoms with Crippen LogP contribution in [0.1, 0.15) is 51.9 Å². The lowest BCUT2D eigenvalue weighted by atomic mass is 10.1. The van der Waals surface area contributed by atoms with Crippen LogP contribution in [0.25, 0.3) is 0 Å². The van der Waals surface area contributed by atoms with E-state index in [9.17, 15) is 0 Å². The minimum Gasteiger partial charge on any atom is -0.381 e. The van der Waals surface area contributed by atoms with Gasteiger partial charge in [0.25, 0.3) is 0 Å². The van der Waals surface area contributed by atoms with Crippen molar-refractivity contribution in [3.05, 3.63) is 0 Å². The molecule has 0 aliphatic heterocycles. The molecule has 0 radical (unpaired) electrons. The van der Waals surface area contributed by atoms with Crippen molar-refractivity contribution < 1.29 is 4.74 Å². The molecular formula is C11H22O. The first-order chi connectivity index (χ1) is 5.93. The molecule has 0 unspecified atom stereocenters. The molecule has 0 heterocycles. The number of unbranched alkanes of at least 4 members (excludes halogenated alkanes) is 2. The van der Waals surface area contributed by atoms with Crippen molar-refractivity contribution in [2.75, 3.05) is 13.2 Å². The van der Waals surface area contributed by atoms with Crippen molar-refractivity contribution in [2.45, 2.75) is 51.9 Å². The molecule has 0 atom stereocenters. The highest BCUT2D eigenvalue weighted by Gasteiger charge is 2.14. The van der Waals surface area contributed by atoms with Crippen molar-refractivity contribution in [3.8, 4) is 0 Å². The first-order valence-corrected chi connectivity index (χ1v) is 5.51. The summed E-state index contributed by atoms with van der Waals surface area (Å²) in [4.78, 5) is 0. The van der Waals surface area contributed by atoms with E-state index in [1.165, 1.54) is 44.9 Å². The molecule has 0 spiro atoms. The zero-order valence-electron chi connectivity index (χ0n) is 8.35. The van der Waals surface area contributed by atoms with Crippen LogP contribution in [0.3, 0.4) is 0 Å². The summed E-state index contributed by atoms with van der Waals surface area (Å²) in [5.74, 6) is 0.895. The molecule has 12 heavy (non-hydrogen) atoms. The molecular weight excluding hydrogens is 148 g/mol. The van der Waals surface area contributed by atoms with Crippen LogP contribution in [0.4, 0.5) is 0 Å². The Morgan fingerprint density at radius 1 is 1.17 bits per heavy atom. The molecule has 0 bridgehead atoms. The van der Waals surface area contributed by atoms with E-state index in [0.717, 1.165) is 19.1 Å². The fourth-order valence-corrected chi connectivity index (χ4v) is 1.88. The second-order valence-electron chi connectivity index (χ2n) is 3.93. The first-order valence-electron chi connectivity index (χ1n) is 5.51. The third-order valence-corrected chi connectivity index (χ3v) is 2.72. The van der Waals surface area contributed by atoms with Crippen molar-refractivity contribution in [2.24, 2.45) is 5.92 Å². The second kappa shape index (κ2) is 6.47. The quantitative estimate of drug-likeness (QED) is 0.555. The van der Waals surface area contributed by atoms with Gasteiger partial charge in [-0.1, -0.05) is 32.6 Å². The normalized spacial score (nSPS) is 18.8. The third kappa shape index (κ3) is 4.10. The largest absolute Gasteiger partial charge is 0.381 e. The number of rotatable bonds is 6. The van der Waals surface area contributed by atoms with E-state index in [0.29, 0.717) is 0 Å². The van der Waals surface area contributed by atoms with E-state index in [1.54, 1.807) is 0 Å². The maximum absolute atomic E-state index is 5.62. The summed E-state index contributed by atoms with van der Waals surface area (Å²) in [6, 6.07) is 0. The van der Waals surface area contributed by atoms with Crippen LogP contribution in [0.5, 0.6) is 0 Å². The van der Waals surface area contributed by atoms with Crippen LogP contribution in [0.2, 0.25) is 0 Å². The topological polar surface area (TPSA) is 9.23 Å². The van der Waals surface area contributed by atoms with Gasteiger partial charge in [-0.05, 0) is 25.2 Å². The predicted molar refractivity (Wildman–Crippen MR) is 52.3 cm³/mol. The van der Waals surface area contributed by atoms with Crippen molar-refractivity contribution in [3.63, 3.8) is 0 Å². The highest BCUT2D eigenvalue weighted by molar-refractivity contribution is 4.66. The monoisotopic (exact) mass is 170 g/mol. The number of ether oxygens (including phenoxy) is 1. The Morgan fingerprint density at radius 3 is 2.58 bits per heavy atom. The Hall–Kier alpha value is -0.0400. The van der Waals surface area contributed by atoms with Crippen LogP contribution in [-0.4, -0.2) is 13.2 Å². The minimum absolute atomic E-state index is 0.895. The lowest BCUT2D eigenvalue weighted by molar-refractivity contribution is 0.0982. The van der Waals surface area contributed by atoms with Gasteiger partial charge in [-0.15, -0.1) is 0 Å². The third-order valence-electron chi connectivity index (χ3n) is 2.72. The SMILES string of the molecule is CCCCCOCC1CCCC1. The van der Waals surface area contributed by atoms with Crippen LogP contribution >= 0.6 is 0 Å². The van der Waals surface area contributed by atoms with E-state index in [4.69, 9.17) is 4.74 Å². The Morgan fingerprint density at radius 2 is 1.92 bits per heavy atom. The lowest BCUT2D eigenvalue weighted by Gasteiger charge is -2.08. The average molecular weight is 170 g/mol. The van der Waals surface area contributed by atoms with E-state index in [2.05, 4.69) is 6.92 Å². The number of hydrogen-bond donors (Lipinski definition) is 0. The fourth-order valence-electron chi connectivity index (χ4n) is 1.88. The van der Waals surface area contributed by atoms with Crippen LogP contribution in [0.15, 0.2) is 0 Å². The van der Waals surface area contributed by atoms with E-state index < -0.39 is 0 Å². The Balaban J connectivity index is 1.81. The standard InChI is InChI=1S/C11H22O/c1-2-3-6-9-12-10-11-7-4-5-8-11/h11H,2-10H2,1H3. The molecule has 0 saturated heterocycles. The predicted octanol–water partition coefficient (Wildman–Crippen LogP) is 3.38. The minimum atomic E-state index is 0.895. The summed E-state index contributed by atoms with van der Waals surface area (Å²) >= 11 is 0. The van der Waals surface area contributed by atoms with E-state index in [1.807, 2.05) is 0 Å². The summed E-state index contributed by atoms with van der Waals surface area (Å²) in [5, 5.41) is 0. The van der Waals surface area contributed by atoms with Gasteiger partial charge in [-0.2, -0.15) is 0 Å². The van der Waals surface area contributed by atoms with Crippen molar-refractivity contribution in [1.29, 1.82) is 0 Å². The van der Waals surface area contributed by atoms with Gasteiger partial charge in [-0.3, -0.25) is 0 Å². The zero-order chi connectivity index (χ0) is 8.65. The number of hydrogen-bond acceptors (Lipinski definition) is 1. The van der Waals surface area contributed by atoms with Crippen molar-refractivity contribution >= 4 is 0 Å². The Kier molecular flexibility index (Phi) is 5.42. The summed E-state index contributed by atoms with van der Waals surface area (Å²) in [6.07, 6.45) is 9.56. The average Bonchev–Trinajstić information content (AvgIpc) is 2.57. The summed E-state index contributed by atoms with van der Waals surface area (Å²) in [5.41, 5.74) is 0. The van der Waals surface area contributed by atoms with Crippen LogP contribution in [0, 0.1) is 5.92 Å². The van der Waals surface area contributed by atoms with Gasteiger partial charge in [0.2, 0.25) is 0 Å².